The molecule has 35 heavy (non-hydrogen) atoms. The number of aromatic hydroxyl groups is 1. The molecule has 3 amide bonds. The summed E-state index contributed by atoms with van der Waals surface area (Å²) in [5, 5.41) is 16.0. The van der Waals surface area contributed by atoms with Gasteiger partial charge in [0.15, 0.2) is 0 Å². The summed E-state index contributed by atoms with van der Waals surface area (Å²) >= 11 is 0. The van der Waals surface area contributed by atoms with Gasteiger partial charge in [-0.25, -0.2) is 4.79 Å². The van der Waals surface area contributed by atoms with Crippen LogP contribution in [0.2, 0.25) is 0 Å². The van der Waals surface area contributed by atoms with E-state index in [1.54, 1.807) is 91.1 Å². The highest BCUT2D eigenvalue weighted by atomic mass is 16.6. The van der Waals surface area contributed by atoms with Gasteiger partial charge in [-0.3, -0.25) is 9.59 Å². The zero-order valence-electron chi connectivity index (χ0n) is 21.3. The number of phenols is 1. The predicted octanol–water partition coefficient (Wildman–Crippen LogP) is 4.15. The number of anilines is 1. The molecule has 1 unspecified atom stereocenters. The summed E-state index contributed by atoms with van der Waals surface area (Å²) in [6, 6.07) is 10.2. The monoisotopic (exact) mass is 485 g/mol. The van der Waals surface area contributed by atoms with Crippen molar-refractivity contribution in [2.75, 3.05) is 19.0 Å². The molecule has 2 rings (SSSR count). The van der Waals surface area contributed by atoms with Crippen LogP contribution in [0.1, 0.15) is 51.8 Å². The first-order chi connectivity index (χ1) is 16.3. The third-order valence-corrected chi connectivity index (χ3v) is 5.07. The normalized spacial score (nSPS) is 12.0. The molecule has 0 bridgehead atoms. The van der Waals surface area contributed by atoms with Crippen molar-refractivity contribution >= 4 is 23.6 Å². The molecule has 0 saturated carbocycles. The minimum atomic E-state index is -1.16. The van der Waals surface area contributed by atoms with Crippen LogP contribution in [0.3, 0.4) is 0 Å². The highest BCUT2D eigenvalue weighted by molar-refractivity contribution is 5.99. The van der Waals surface area contributed by atoms with Crippen molar-refractivity contribution in [1.82, 2.24) is 10.2 Å². The molecular weight excluding hydrogens is 450 g/mol. The van der Waals surface area contributed by atoms with Crippen molar-refractivity contribution in [2.45, 2.75) is 59.2 Å². The first-order valence-electron chi connectivity index (χ1n) is 11.4. The van der Waals surface area contributed by atoms with Crippen LogP contribution in [0.15, 0.2) is 42.5 Å². The van der Waals surface area contributed by atoms with E-state index in [0.29, 0.717) is 17.0 Å². The van der Waals surface area contributed by atoms with Gasteiger partial charge in [0.05, 0.1) is 7.11 Å². The molecule has 9 heteroatoms. The van der Waals surface area contributed by atoms with E-state index < -0.39 is 35.6 Å². The molecule has 2 aromatic rings. The van der Waals surface area contributed by atoms with Crippen molar-refractivity contribution in [1.29, 1.82) is 0 Å². The Kier molecular flexibility index (Phi) is 9.11. The summed E-state index contributed by atoms with van der Waals surface area (Å²) in [6.45, 7) is 9.99. The van der Waals surface area contributed by atoms with Crippen LogP contribution in [0.5, 0.6) is 11.5 Å². The predicted molar refractivity (Wildman–Crippen MR) is 133 cm³/mol. The van der Waals surface area contributed by atoms with Gasteiger partial charge < -0.3 is 30.1 Å². The van der Waals surface area contributed by atoms with Crippen LogP contribution >= 0.6 is 0 Å². The van der Waals surface area contributed by atoms with Crippen molar-refractivity contribution in [2.24, 2.45) is 0 Å². The van der Waals surface area contributed by atoms with E-state index in [2.05, 4.69) is 10.6 Å². The highest BCUT2D eigenvalue weighted by Crippen LogP contribution is 2.33. The van der Waals surface area contributed by atoms with Crippen LogP contribution in [0.4, 0.5) is 10.5 Å². The van der Waals surface area contributed by atoms with E-state index in [9.17, 15) is 19.5 Å². The SMILES string of the molecule is COc1ccc(NC(=O)C(c2cccc(C)c2O)N(C(=O)CNC(=O)OC(C)(C)C)C(C)C)cc1. The number of ether oxygens (including phenoxy) is 2. The van der Waals surface area contributed by atoms with E-state index in [-0.39, 0.29) is 17.9 Å². The molecule has 9 nitrogen and oxygen atoms in total. The van der Waals surface area contributed by atoms with Gasteiger partial charge in [0.2, 0.25) is 5.91 Å². The minimum Gasteiger partial charge on any atom is -0.507 e. The first kappa shape index (κ1) is 27.5. The molecule has 190 valence electrons. The lowest BCUT2D eigenvalue weighted by molar-refractivity contribution is -0.140. The van der Waals surface area contributed by atoms with Crippen molar-refractivity contribution < 1.29 is 29.0 Å². The number of benzene rings is 2. The summed E-state index contributed by atoms with van der Waals surface area (Å²) in [7, 11) is 1.54. The molecule has 0 aliphatic carbocycles. The number of carbonyl (C=O) groups is 3. The summed E-state index contributed by atoms with van der Waals surface area (Å²) in [5.41, 5.74) is 0.609. The van der Waals surface area contributed by atoms with Gasteiger partial charge in [0.25, 0.3) is 5.91 Å². The van der Waals surface area contributed by atoms with Gasteiger partial charge in [-0.15, -0.1) is 0 Å². The maximum Gasteiger partial charge on any atom is 0.408 e. The van der Waals surface area contributed by atoms with E-state index in [1.165, 1.54) is 4.90 Å². The van der Waals surface area contributed by atoms with Crippen LogP contribution in [0, 0.1) is 6.92 Å². The Morgan fingerprint density at radius 2 is 1.69 bits per heavy atom. The standard InChI is InChI=1S/C26H35N3O6/c1-16(2)29(21(30)15-27-25(33)35-26(4,5)6)22(20-10-8-9-17(3)23(20)31)24(32)28-18-11-13-19(34-7)14-12-18/h8-14,16,22,31H,15H2,1-7H3,(H,27,33)(H,28,32). The number of nitrogens with one attached hydrogen (secondary N) is 2. The molecule has 2 aromatic carbocycles. The van der Waals surface area contributed by atoms with Crippen LogP contribution in [-0.2, 0) is 14.3 Å². The number of nitrogens with zero attached hydrogens (tertiary/aromatic N) is 1. The number of hydrogen-bond donors (Lipinski definition) is 3. The minimum absolute atomic E-state index is 0.0825. The van der Waals surface area contributed by atoms with E-state index >= 15 is 0 Å². The number of hydrogen-bond acceptors (Lipinski definition) is 6. The highest BCUT2D eigenvalue weighted by Gasteiger charge is 2.35. The Morgan fingerprint density at radius 1 is 1.06 bits per heavy atom. The third kappa shape index (κ3) is 7.63. The number of carbonyl (C=O) groups excluding carboxylic acids is 3. The molecule has 0 aromatic heterocycles. The molecule has 0 saturated heterocycles. The molecule has 0 spiro atoms. The Bertz CT molecular complexity index is 1040. The molecule has 0 fully saturated rings. The Labute approximate surface area is 206 Å². The Hall–Kier alpha value is -3.75. The molecular formula is C26H35N3O6. The van der Waals surface area contributed by atoms with Gasteiger partial charge >= 0.3 is 6.09 Å². The van der Waals surface area contributed by atoms with Gasteiger partial charge in [-0.1, -0.05) is 18.2 Å². The maximum absolute atomic E-state index is 13.5. The van der Waals surface area contributed by atoms with Crippen LogP contribution in [0.25, 0.3) is 0 Å². The Balaban J connectivity index is 2.39. The number of para-hydroxylation sites is 1. The van der Waals surface area contributed by atoms with Crippen molar-refractivity contribution in [3.8, 4) is 11.5 Å². The molecule has 0 aliphatic heterocycles. The largest absolute Gasteiger partial charge is 0.507 e. The second kappa shape index (κ2) is 11.6. The average Bonchev–Trinajstić information content (AvgIpc) is 2.77. The first-order valence-corrected chi connectivity index (χ1v) is 11.4. The second-order valence-corrected chi connectivity index (χ2v) is 9.38. The van der Waals surface area contributed by atoms with E-state index in [1.807, 2.05) is 0 Å². The molecule has 0 radical (unpaired) electrons. The smallest absolute Gasteiger partial charge is 0.408 e. The number of phenolic OH excluding ortho intramolecular Hbond substituents is 1. The quantitative estimate of drug-likeness (QED) is 0.517. The topological polar surface area (TPSA) is 117 Å². The fourth-order valence-corrected chi connectivity index (χ4v) is 3.49. The van der Waals surface area contributed by atoms with E-state index in [4.69, 9.17) is 9.47 Å². The zero-order valence-corrected chi connectivity index (χ0v) is 21.3. The number of aryl methyl sites for hydroxylation is 1. The van der Waals surface area contributed by atoms with Crippen molar-refractivity contribution in [3.63, 3.8) is 0 Å². The van der Waals surface area contributed by atoms with Crippen LogP contribution in [-0.4, -0.2) is 53.2 Å². The van der Waals surface area contributed by atoms with Crippen molar-refractivity contribution in [3.05, 3.63) is 53.6 Å². The summed E-state index contributed by atoms with van der Waals surface area (Å²) in [5.74, 6) is -0.485. The lowest BCUT2D eigenvalue weighted by Crippen LogP contribution is -2.49. The molecule has 0 aliphatic rings. The summed E-state index contributed by atoms with van der Waals surface area (Å²) in [4.78, 5) is 40.3. The summed E-state index contributed by atoms with van der Waals surface area (Å²) < 4.78 is 10.4. The fourth-order valence-electron chi connectivity index (χ4n) is 3.49. The second-order valence-electron chi connectivity index (χ2n) is 9.38. The zero-order chi connectivity index (χ0) is 26.3. The number of methoxy groups -OCH3 is 1. The lowest BCUT2D eigenvalue weighted by atomic mass is 9.98. The fraction of sp³-hybridized carbons (Fsp3) is 0.423. The average molecular weight is 486 g/mol. The third-order valence-electron chi connectivity index (χ3n) is 5.07. The van der Waals surface area contributed by atoms with Gasteiger partial charge in [0, 0.05) is 17.3 Å². The summed E-state index contributed by atoms with van der Waals surface area (Å²) in [6.07, 6.45) is -0.743. The van der Waals surface area contributed by atoms with E-state index in [0.717, 1.165) is 0 Å². The molecule has 0 heterocycles. The molecule has 1 atom stereocenters. The number of rotatable bonds is 8. The number of alkyl carbamates (subject to hydrolysis) is 1. The molecule has 3 N–H and O–H groups in total. The number of amides is 3. The van der Waals surface area contributed by atoms with Crippen LogP contribution < -0.4 is 15.4 Å². The maximum atomic E-state index is 13.5. The van der Waals surface area contributed by atoms with Gasteiger partial charge in [0.1, 0.15) is 29.7 Å². The Morgan fingerprint density at radius 3 is 2.23 bits per heavy atom. The van der Waals surface area contributed by atoms with Gasteiger partial charge in [-0.2, -0.15) is 0 Å². The van der Waals surface area contributed by atoms with Gasteiger partial charge in [-0.05, 0) is 71.4 Å². The lowest BCUT2D eigenvalue weighted by Gasteiger charge is -2.35.